The number of imide groups is 1. The van der Waals surface area contributed by atoms with Gasteiger partial charge in [0.05, 0.1) is 12.1 Å². The number of furan rings is 1. The summed E-state index contributed by atoms with van der Waals surface area (Å²) in [5.74, 6) is 0.416. The van der Waals surface area contributed by atoms with Crippen molar-refractivity contribution in [1.29, 1.82) is 0 Å². The Balaban J connectivity index is 1.50. The van der Waals surface area contributed by atoms with Gasteiger partial charge in [-0.05, 0) is 38.8 Å². The second kappa shape index (κ2) is 8.36. The average molecular weight is 357 g/mol. The third-order valence-corrected chi connectivity index (χ3v) is 4.94. The van der Waals surface area contributed by atoms with Crippen molar-refractivity contribution in [3.8, 4) is 0 Å². The molecule has 1 heterocycles. The maximum atomic E-state index is 12.3. The fourth-order valence-electron chi connectivity index (χ4n) is 3.44. The highest BCUT2D eigenvalue weighted by atomic mass is 16.3. The summed E-state index contributed by atoms with van der Waals surface area (Å²) in [7, 11) is 0. The summed E-state index contributed by atoms with van der Waals surface area (Å²) in [6, 6.07) is 8.85. The lowest BCUT2D eigenvalue weighted by atomic mass is 9.96. The Morgan fingerprint density at radius 3 is 2.58 bits per heavy atom. The van der Waals surface area contributed by atoms with Gasteiger partial charge in [-0.2, -0.15) is 0 Å². The molecule has 6 heteroatoms. The molecular formula is C20H27N3O3. The Bertz CT molecular complexity index is 732. The van der Waals surface area contributed by atoms with Gasteiger partial charge in [-0.3, -0.25) is 15.4 Å². The van der Waals surface area contributed by atoms with Crippen LogP contribution in [0, 0.1) is 0 Å². The van der Waals surface area contributed by atoms with Gasteiger partial charge in [-0.1, -0.05) is 37.5 Å². The zero-order chi connectivity index (χ0) is 18.5. The molecule has 0 radical (unpaired) electrons. The van der Waals surface area contributed by atoms with Gasteiger partial charge < -0.3 is 9.73 Å². The van der Waals surface area contributed by atoms with Crippen LogP contribution >= 0.6 is 0 Å². The lowest BCUT2D eigenvalue weighted by Crippen LogP contribution is -2.50. The van der Waals surface area contributed by atoms with Crippen molar-refractivity contribution < 1.29 is 14.0 Å². The third kappa shape index (κ3) is 4.64. The number of benzene rings is 1. The molecule has 0 aliphatic heterocycles. The smallest absolute Gasteiger partial charge is 0.321 e. The Morgan fingerprint density at radius 2 is 1.85 bits per heavy atom. The fraction of sp³-hybridized carbons (Fsp3) is 0.500. The van der Waals surface area contributed by atoms with Gasteiger partial charge >= 0.3 is 6.03 Å². The van der Waals surface area contributed by atoms with E-state index < -0.39 is 12.1 Å². The standard InChI is InChI=1S/C20H27N3O3/c1-13(18-12-15-8-6-7-11-17(15)26-18)21-14(2)19(24)23-20(25)22-16-9-4-3-5-10-16/h6-8,11-14,16,21H,3-5,9-10H2,1-2H3,(H2,22,23,24,25). The van der Waals surface area contributed by atoms with Crippen LogP contribution in [0.4, 0.5) is 4.79 Å². The van der Waals surface area contributed by atoms with Gasteiger partial charge in [-0.25, -0.2) is 4.79 Å². The van der Waals surface area contributed by atoms with E-state index in [4.69, 9.17) is 4.42 Å². The van der Waals surface area contributed by atoms with Crippen LogP contribution in [0.5, 0.6) is 0 Å². The maximum absolute atomic E-state index is 12.3. The van der Waals surface area contributed by atoms with E-state index in [0.29, 0.717) is 0 Å². The summed E-state index contributed by atoms with van der Waals surface area (Å²) in [5.41, 5.74) is 0.820. The Labute approximate surface area is 153 Å². The van der Waals surface area contributed by atoms with Crippen molar-refractivity contribution in [1.82, 2.24) is 16.0 Å². The number of para-hydroxylation sites is 1. The minimum atomic E-state index is -0.518. The highest BCUT2D eigenvalue weighted by Crippen LogP contribution is 2.23. The molecule has 2 aromatic rings. The molecule has 1 aromatic heterocycles. The molecule has 2 atom stereocenters. The predicted molar refractivity (Wildman–Crippen MR) is 101 cm³/mol. The van der Waals surface area contributed by atoms with E-state index in [-0.39, 0.29) is 18.0 Å². The number of hydrogen-bond acceptors (Lipinski definition) is 4. The number of hydrogen-bond donors (Lipinski definition) is 3. The first kappa shape index (κ1) is 18.5. The van der Waals surface area contributed by atoms with E-state index >= 15 is 0 Å². The van der Waals surface area contributed by atoms with Crippen LogP contribution in [0.3, 0.4) is 0 Å². The molecule has 1 fully saturated rings. The van der Waals surface area contributed by atoms with E-state index in [1.54, 1.807) is 6.92 Å². The second-order valence-corrected chi connectivity index (χ2v) is 7.09. The third-order valence-electron chi connectivity index (χ3n) is 4.94. The largest absolute Gasteiger partial charge is 0.459 e. The molecular weight excluding hydrogens is 330 g/mol. The van der Waals surface area contributed by atoms with E-state index in [0.717, 1.165) is 42.4 Å². The average Bonchev–Trinajstić information content (AvgIpc) is 3.06. The van der Waals surface area contributed by atoms with Gasteiger partial charge in [-0.15, -0.1) is 0 Å². The number of amides is 3. The molecule has 1 aromatic carbocycles. The zero-order valence-corrected chi connectivity index (χ0v) is 15.4. The molecule has 3 rings (SSSR count). The summed E-state index contributed by atoms with van der Waals surface area (Å²) in [6.07, 6.45) is 5.45. The van der Waals surface area contributed by atoms with Crippen molar-refractivity contribution in [2.75, 3.05) is 0 Å². The van der Waals surface area contributed by atoms with Crippen molar-refractivity contribution in [3.63, 3.8) is 0 Å². The van der Waals surface area contributed by atoms with Gasteiger partial charge in [0.1, 0.15) is 11.3 Å². The lowest BCUT2D eigenvalue weighted by Gasteiger charge is -2.23. The predicted octanol–water partition coefficient (Wildman–Crippen LogP) is 3.63. The molecule has 140 valence electrons. The summed E-state index contributed by atoms with van der Waals surface area (Å²) < 4.78 is 5.82. The second-order valence-electron chi connectivity index (χ2n) is 7.09. The number of rotatable bonds is 5. The number of carbonyl (C=O) groups is 2. The van der Waals surface area contributed by atoms with Crippen LogP contribution < -0.4 is 16.0 Å². The van der Waals surface area contributed by atoms with Crippen molar-refractivity contribution in [2.45, 2.75) is 64.1 Å². The van der Waals surface area contributed by atoms with Gasteiger partial charge in [0.25, 0.3) is 0 Å². The number of nitrogens with one attached hydrogen (secondary N) is 3. The highest BCUT2D eigenvalue weighted by Gasteiger charge is 2.22. The summed E-state index contributed by atoms with van der Waals surface area (Å²) in [4.78, 5) is 24.3. The summed E-state index contributed by atoms with van der Waals surface area (Å²) in [5, 5.41) is 9.53. The number of carbonyl (C=O) groups excluding carboxylic acids is 2. The van der Waals surface area contributed by atoms with Gasteiger partial charge in [0.2, 0.25) is 5.91 Å². The molecule has 0 bridgehead atoms. The molecule has 3 amide bonds. The molecule has 3 N–H and O–H groups in total. The van der Waals surface area contributed by atoms with Crippen LogP contribution in [-0.2, 0) is 4.79 Å². The van der Waals surface area contributed by atoms with Crippen molar-refractivity contribution in [2.24, 2.45) is 0 Å². The maximum Gasteiger partial charge on any atom is 0.321 e. The summed E-state index contributed by atoms with van der Waals surface area (Å²) >= 11 is 0. The first-order chi connectivity index (χ1) is 12.5. The molecule has 1 aliphatic rings. The lowest BCUT2D eigenvalue weighted by molar-refractivity contribution is -0.121. The van der Waals surface area contributed by atoms with Crippen LogP contribution in [0.25, 0.3) is 11.0 Å². The number of fused-ring (bicyclic) bond motifs is 1. The molecule has 6 nitrogen and oxygen atoms in total. The molecule has 0 saturated heterocycles. The monoisotopic (exact) mass is 357 g/mol. The highest BCUT2D eigenvalue weighted by molar-refractivity contribution is 5.96. The zero-order valence-electron chi connectivity index (χ0n) is 15.4. The van der Waals surface area contributed by atoms with Gasteiger partial charge in [0, 0.05) is 11.4 Å². The van der Waals surface area contributed by atoms with Crippen LogP contribution in [-0.4, -0.2) is 24.0 Å². The van der Waals surface area contributed by atoms with Crippen molar-refractivity contribution >= 4 is 22.9 Å². The van der Waals surface area contributed by atoms with E-state index in [9.17, 15) is 9.59 Å². The van der Waals surface area contributed by atoms with Crippen LogP contribution in [0.1, 0.15) is 57.8 Å². The minimum Gasteiger partial charge on any atom is -0.459 e. The van der Waals surface area contributed by atoms with Crippen LogP contribution in [0.2, 0.25) is 0 Å². The fourth-order valence-corrected chi connectivity index (χ4v) is 3.44. The van der Waals surface area contributed by atoms with E-state index in [1.165, 1.54) is 6.42 Å². The van der Waals surface area contributed by atoms with Gasteiger partial charge in [0.15, 0.2) is 0 Å². The topological polar surface area (TPSA) is 83.4 Å². The Hall–Kier alpha value is -2.34. The minimum absolute atomic E-state index is 0.149. The molecule has 2 unspecified atom stereocenters. The number of urea groups is 1. The quantitative estimate of drug-likeness (QED) is 0.763. The SMILES string of the molecule is CC(NC(C)c1cc2ccccc2o1)C(=O)NC(=O)NC1CCCCC1. The Kier molecular flexibility index (Phi) is 5.93. The molecule has 1 aliphatic carbocycles. The van der Waals surface area contributed by atoms with E-state index in [2.05, 4.69) is 16.0 Å². The van der Waals surface area contributed by atoms with E-state index in [1.807, 2.05) is 37.3 Å². The first-order valence-corrected chi connectivity index (χ1v) is 9.39. The normalized spacial score (nSPS) is 17.6. The molecule has 26 heavy (non-hydrogen) atoms. The summed E-state index contributed by atoms with van der Waals surface area (Å²) in [6.45, 7) is 3.67. The van der Waals surface area contributed by atoms with Crippen LogP contribution in [0.15, 0.2) is 34.7 Å². The molecule has 1 saturated carbocycles. The van der Waals surface area contributed by atoms with Crippen molar-refractivity contribution in [3.05, 3.63) is 36.1 Å². The molecule has 0 spiro atoms. The Morgan fingerprint density at radius 1 is 1.12 bits per heavy atom. The first-order valence-electron chi connectivity index (χ1n) is 9.39.